The first-order chi connectivity index (χ1) is 13.8. The van der Waals surface area contributed by atoms with Crippen molar-refractivity contribution in [2.24, 2.45) is 5.73 Å². The molecule has 1 aliphatic heterocycles. The molecule has 5 nitrogen and oxygen atoms in total. The molecule has 146 valence electrons. The summed E-state index contributed by atoms with van der Waals surface area (Å²) in [4.78, 5) is 0. The predicted molar refractivity (Wildman–Crippen MR) is 99.3 cm³/mol. The Morgan fingerprint density at radius 1 is 1.10 bits per heavy atom. The molecule has 29 heavy (non-hydrogen) atoms. The van der Waals surface area contributed by atoms with Crippen molar-refractivity contribution in [2.45, 2.75) is 12.1 Å². The van der Waals surface area contributed by atoms with E-state index < -0.39 is 17.8 Å². The fourth-order valence-electron chi connectivity index (χ4n) is 3.31. The quantitative estimate of drug-likeness (QED) is 0.653. The molecule has 2 aromatic carbocycles. The van der Waals surface area contributed by atoms with E-state index in [1.54, 1.807) is 48.5 Å². The number of rotatable bonds is 2. The highest BCUT2D eigenvalue weighted by Gasteiger charge is 2.46. The maximum absolute atomic E-state index is 13.9. The van der Waals surface area contributed by atoms with Crippen molar-refractivity contribution in [3.05, 3.63) is 87.9 Å². The molecule has 1 aromatic heterocycles. The number of nitriles is 1. The van der Waals surface area contributed by atoms with Gasteiger partial charge >= 0.3 is 6.18 Å². The van der Waals surface area contributed by atoms with Gasteiger partial charge in [0.25, 0.3) is 0 Å². The molecular weight excluding hydrogens is 405 g/mol. The summed E-state index contributed by atoms with van der Waals surface area (Å²) in [5.41, 5.74) is 4.94. The van der Waals surface area contributed by atoms with Gasteiger partial charge in [-0.25, -0.2) is 0 Å². The molecule has 0 saturated heterocycles. The Labute approximate surface area is 168 Å². The zero-order valence-electron chi connectivity index (χ0n) is 14.6. The Morgan fingerprint density at radius 3 is 2.38 bits per heavy atom. The number of hydrogen-bond acceptors (Lipinski definition) is 4. The Balaban J connectivity index is 2.07. The van der Waals surface area contributed by atoms with Crippen LogP contribution in [0.15, 0.2) is 66.1 Å². The second-order valence-corrected chi connectivity index (χ2v) is 6.67. The number of benzene rings is 2. The number of fused-ring (bicyclic) bond motifs is 1. The molecule has 2 heterocycles. The normalized spacial score (nSPS) is 16.2. The first kappa shape index (κ1) is 18.9. The molecule has 0 amide bonds. The molecule has 0 radical (unpaired) electrons. The summed E-state index contributed by atoms with van der Waals surface area (Å²) in [5, 5.41) is 13.6. The van der Waals surface area contributed by atoms with Gasteiger partial charge in [-0.15, -0.1) is 0 Å². The van der Waals surface area contributed by atoms with E-state index in [0.29, 0.717) is 11.3 Å². The second kappa shape index (κ2) is 6.87. The number of nitrogens with zero attached hydrogens (tertiary/aromatic N) is 3. The number of alkyl halides is 3. The minimum absolute atomic E-state index is 0.163. The Kier molecular flexibility index (Phi) is 4.47. The third-order valence-electron chi connectivity index (χ3n) is 4.53. The molecule has 1 aliphatic rings. The van der Waals surface area contributed by atoms with Crippen molar-refractivity contribution >= 4 is 11.6 Å². The van der Waals surface area contributed by atoms with E-state index in [4.69, 9.17) is 22.1 Å². The average Bonchev–Trinajstić information content (AvgIpc) is 3.07. The van der Waals surface area contributed by atoms with Gasteiger partial charge in [-0.2, -0.15) is 28.2 Å². The van der Waals surface area contributed by atoms with Crippen LogP contribution in [0.2, 0.25) is 5.02 Å². The molecule has 1 atom stereocenters. The number of ether oxygens (including phenoxy) is 1. The Bertz CT molecular complexity index is 1160. The summed E-state index contributed by atoms with van der Waals surface area (Å²) < 4.78 is 48.3. The predicted octanol–water partition coefficient (Wildman–Crippen LogP) is 4.76. The van der Waals surface area contributed by atoms with Gasteiger partial charge in [0, 0.05) is 5.02 Å². The van der Waals surface area contributed by atoms with E-state index in [0.717, 1.165) is 4.68 Å². The Morgan fingerprint density at radius 2 is 1.76 bits per heavy atom. The third kappa shape index (κ3) is 3.09. The van der Waals surface area contributed by atoms with Gasteiger partial charge in [0.1, 0.15) is 11.6 Å². The number of nitrogens with two attached hydrogens (primary N) is 1. The van der Waals surface area contributed by atoms with Gasteiger partial charge in [-0.1, -0.05) is 48.0 Å². The lowest BCUT2D eigenvalue weighted by Crippen LogP contribution is -2.23. The van der Waals surface area contributed by atoms with Gasteiger partial charge in [0.2, 0.25) is 11.8 Å². The highest BCUT2D eigenvalue weighted by Crippen LogP contribution is 2.49. The molecule has 9 heteroatoms. The van der Waals surface area contributed by atoms with Crippen molar-refractivity contribution in [3.63, 3.8) is 0 Å². The number of halogens is 4. The zero-order valence-corrected chi connectivity index (χ0v) is 15.4. The zero-order chi connectivity index (χ0) is 20.8. The van der Waals surface area contributed by atoms with Gasteiger partial charge in [0.05, 0.1) is 17.2 Å². The topological polar surface area (TPSA) is 76.9 Å². The van der Waals surface area contributed by atoms with Crippen LogP contribution in [-0.2, 0) is 6.18 Å². The minimum atomic E-state index is -4.79. The summed E-state index contributed by atoms with van der Waals surface area (Å²) in [6.45, 7) is 0. The van der Waals surface area contributed by atoms with Crippen LogP contribution in [0, 0.1) is 11.3 Å². The second-order valence-electron chi connectivity index (χ2n) is 6.26. The summed E-state index contributed by atoms with van der Waals surface area (Å²) in [6.07, 6.45) is -4.79. The third-order valence-corrected chi connectivity index (χ3v) is 4.88. The van der Waals surface area contributed by atoms with Crippen LogP contribution in [0.3, 0.4) is 0 Å². The highest BCUT2D eigenvalue weighted by molar-refractivity contribution is 6.31. The summed E-state index contributed by atoms with van der Waals surface area (Å²) in [6, 6.07) is 16.4. The summed E-state index contributed by atoms with van der Waals surface area (Å²) >= 11 is 6.26. The fraction of sp³-hybridized carbons (Fsp3) is 0.100. The maximum Gasteiger partial charge on any atom is 0.435 e. The Hall–Kier alpha value is -3.44. The molecule has 3 aromatic rings. The largest absolute Gasteiger partial charge is 0.435 e. The molecule has 0 spiro atoms. The standard InChI is InChI=1S/C20H12ClF3N4O/c21-14-9-5-4-8-12(14)15-13(10-25)18(26)29-19-16(15)17(20(22,23)24)27-28(19)11-6-2-1-3-7-11/h1-9,15H,26H2. The first-order valence-electron chi connectivity index (χ1n) is 8.40. The lowest BCUT2D eigenvalue weighted by molar-refractivity contribution is -0.142. The van der Waals surface area contributed by atoms with Gasteiger partial charge in [-0.3, -0.25) is 0 Å². The first-order valence-corrected chi connectivity index (χ1v) is 8.78. The van der Waals surface area contributed by atoms with Crippen LogP contribution in [0.4, 0.5) is 13.2 Å². The van der Waals surface area contributed by atoms with E-state index in [1.165, 1.54) is 6.07 Å². The van der Waals surface area contributed by atoms with E-state index in [-0.39, 0.29) is 27.9 Å². The van der Waals surface area contributed by atoms with Crippen molar-refractivity contribution < 1.29 is 17.9 Å². The maximum atomic E-state index is 13.9. The van der Waals surface area contributed by atoms with Gasteiger partial charge in [-0.05, 0) is 23.8 Å². The van der Waals surface area contributed by atoms with Crippen molar-refractivity contribution in [2.75, 3.05) is 0 Å². The van der Waals surface area contributed by atoms with Crippen LogP contribution in [0.1, 0.15) is 22.7 Å². The SMILES string of the molecule is N#CC1=C(N)Oc2c(c(C(F)(F)F)nn2-c2ccccc2)C1c1ccccc1Cl. The molecule has 0 fully saturated rings. The van der Waals surface area contributed by atoms with E-state index in [2.05, 4.69) is 5.10 Å². The van der Waals surface area contributed by atoms with Crippen molar-refractivity contribution in [1.82, 2.24) is 9.78 Å². The molecule has 0 aliphatic carbocycles. The van der Waals surface area contributed by atoms with Gasteiger partial charge < -0.3 is 10.5 Å². The van der Waals surface area contributed by atoms with Crippen LogP contribution in [-0.4, -0.2) is 9.78 Å². The van der Waals surface area contributed by atoms with Crippen LogP contribution >= 0.6 is 11.6 Å². The van der Waals surface area contributed by atoms with E-state index >= 15 is 0 Å². The lowest BCUT2D eigenvalue weighted by atomic mass is 9.84. The number of hydrogen-bond donors (Lipinski definition) is 1. The molecule has 0 saturated carbocycles. The highest BCUT2D eigenvalue weighted by atomic mass is 35.5. The molecule has 0 bridgehead atoms. The lowest BCUT2D eigenvalue weighted by Gasteiger charge is -2.26. The molecular formula is C20H12ClF3N4O. The molecule has 1 unspecified atom stereocenters. The van der Waals surface area contributed by atoms with E-state index in [9.17, 15) is 18.4 Å². The smallest absolute Gasteiger partial charge is 0.422 e. The number of allylic oxidation sites excluding steroid dienone is 1. The summed E-state index contributed by atoms with van der Waals surface area (Å²) in [7, 11) is 0. The van der Waals surface area contributed by atoms with Crippen molar-refractivity contribution in [3.8, 4) is 17.6 Å². The van der Waals surface area contributed by atoms with Crippen LogP contribution in [0.5, 0.6) is 5.88 Å². The van der Waals surface area contributed by atoms with Crippen LogP contribution < -0.4 is 10.5 Å². The number of para-hydroxylation sites is 1. The molecule has 4 rings (SSSR count). The van der Waals surface area contributed by atoms with Crippen LogP contribution in [0.25, 0.3) is 5.69 Å². The molecule has 2 N–H and O–H groups in total. The summed E-state index contributed by atoms with van der Waals surface area (Å²) in [5.74, 6) is -1.67. The van der Waals surface area contributed by atoms with Gasteiger partial charge in [0.15, 0.2) is 5.69 Å². The fourth-order valence-corrected chi connectivity index (χ4v) is 3.56. The van der Waals surface area contributed by atoms with E-state index in [1.807, 2.05) is 6.07 Å². The monoisotopic (exact) mass is 416 g/mol. The van der Waals surface area contributed by atoms with Crippen molar-refractivity contribution in [1.29, 1.82) is 5.26 Å². The average molecular weight is 417 g/mol. The minimum Gasteiger partial charge on any atom is -0.422 e. The number of aromatic nitrogens is 2.